The van der Waals surface area contributed by atoms with Crippen LogP contribution in [0.15, 0.2) is 39.6 Å². The highest BCUT2D eigenvalue weighted by atomic mass is 32.2. The van der Waals surface area contributed by atoms with Crippen molar-refractivity contribution >= 4 is 51.0 Å². The van der Waals surface area contributed by atoms with E-state index in [0.29, 0.717) is 33.5 Å². The number of benzene rings is 1. The molecule has 2 heterocycles. The van der Waals surface area contributed by atoms with Gasteiger partial charge in [-0.2, -0.15) is 0 Å². The maximum absolute atomic E-state index is 12.1. The van der Waals surface area contributed by atoms with Crippen LogP contribution in [-0.4, -0.2) is 39.2 Å². The molecule has 140 valence electrons. The Labute approximate surface area is 162 Å². The van der Waals surface area contributed by atoms with Crippen molar-refractivity contribution in [3.05, 3.63) is 45.7 Å². The smallest absolute Gasteiger partial charge is 0.311 e. The number of carbonyl (C=O) groups is 2. The summed E-state index contributed by atoms with van der Waals surface area (Å²) in [6.07, 6.45) is 0.0667. The van der Waals surface area contributed by atoms with Crippen LogP contribution >= 0.6 is 23.1 Å². The summed E-state index contributed by atoms with van der Waals surface area (Å²) < 4.78 is 4.86. The molecule has 0 aliphatic heterocycles. The lowest BCUT2D eigenvalue weighted by atomic mass is 10.2. The third-order valence-electron chi connectivity index (χ3n) is 3.36. The van der Waals surface area contributed by atoms with Crippen molar-refractivity contribution in [2.75, 3.05) is 17.7 Å². The lowest BCUT2D eigenvalue weighted by molar-refractivity contribution is -0.142. The summed E-state index contributed by atoms with van der Waals surface area (Å²) in [6.45, 7) is 2.05. The molecule has 1 amide bonds. The fraction of sp³-hybridized carbons (Fsp3) is 0.235. The molecule has 10 heteroatoms. The number of rotatable bonds is 7. The Hall–Kier alpha value is -2.72. The molecule has 1 aromatic carbocycles. The molecule has 2 aromatic heterocycles. The van der Waals surface area contributed by atoms with Gasteiger partial charge in [-0.15, -0.1) is 11.3 Å². The molecule has 0 bridgehead atoms. The van der Waals surface area contributed by atoms with E-state index in [2.05, 4.69) is 20.3 Å². The number of H-pyrrole nitrogens is 1. The van der Waals surface area contributed by atoms with E-state index in [-0.39, 0.29) is 29.6 Å². The first kappa shape index (κ1) is 19.1. The van der Waals surface area contributed by atoms with Gasteiger partial charge in [0.15, 0.2) is 10.3 Å². The first-order valence-electron chi connectivity index (χ1n) is 8.07. The van der Waals surface area contributed by atoms with Gasteiger partial charge in [0.2, 0.25) is 5.91 Å². The summed E-state index contributed by atoms with van der Waals surface area (Å²) in [6, 6.07) is 7.00. The SMILES string of the molecule is CCOC(=O)Cc1csc(NC(=O)CSc2nc3ccccc3c(=O)[nH]2)n1. The molecule has 0 saturated heterocycles. The number of hydrogen-bond acceptors (Lipinski definition) is 8. The molecule has 0 atom stereocenters. The van der Waals surface area contributed by atoms with Crippen LogP contribution in [0.5, 0.6) is 0 Å². The van der Waals surface area contributed by atoms with Crippen LogP contribution in [0, 0.1) is 0 Å². The van der Waals surface area contributed by atoms with Crippen molar-refractivity contribution in [2.45, 2.75) is 18.5 Å². The molecule has 0 aliphatic rings. The quantitative estimate of drug-likeness (QED) is 0.352. The average Bonchev–Trinajstić information content (AvgIpc) is 3.07. The largest absolute Gasteiger partial charge is 0.466 e. The number of esters is 1. The van der Waals surface area contributed by atoms with Gasteiger partial charge in [-0.25, -0.2) is 9.97 Å². The molecule has 0 fully saturated rings. The number of thioether (sulfide) groups is 1. The van der Waals surface area contributed by atoms with Gasteiger partial charge in [0, 0.05) is 5.38 Å². The van der Waals surface area contributed by atoms with Crippen LogP contribution < -0.4 is 10.9 Å². The highest BCUT2D eigenvalue weighted by molar-refractivity contribution is 7.99. The topological polar surface area (TPSA) is 114 Å². The van der Waals surface area contributed by atoms with Gasteiger partial charge >= 0.3 is 5.97 Å². The van der Waals surface area contributed by atoms with Crippen molar-refractivity contribution in [3.8, 4) is 0 Å². The van der Waals surface area contributed by atoms with E-state index in [1.165, 1.54) is 11.3 Å². The van der Waals surface area contributed by atoms with Crippen molar-refractivity contribution in [1.82, 2.24) is 15.0 Å². The minimum Gasteiger partial charge on any atom is -0.466 e. The lowest BCUT2D eigenvalue weighted by Gasteiger charge is -2.03. The summed E-state index contributed by atoms with van der Waals surface area (Å²) in [5.74, 6) is -0.580. The second-order valence-electron chi connectivity index (χ2n) is 5.35. The fourth-order valence-electron chi connectivity index (χ4n) is 2.23. The van der Waals surface area contributed by atoms with Gasteiger partial charge in [-0.05, 0) is 19.1 Å². The number of anilines is 1. The molecule has 27 heavy (non-hydrogen) atoms. The van der Waals surface area contributed by atoms with Crippen LogP contribution in [0.3, 0.4) is 0 Å². The van der Waals surface area contributed by atoms with Crippen LogP contribution in [-0.2, 0) is 20.7 Å². The van der Waals surface area contributed by atoms with Crippen molar-refractivity contribution in [2.24, 2.45) is 0 Å². The highest BCUT2D eigenvalue weighted by Gasteiger charge is 2.12. The molecule has 0 radical (unpaired) electrons. The molecular weight excluding hydrogens is 388 g/mol. The number of para-hydroxylation sites is 1. The predicted molar refractivity (Wildman–Crippen MR) is 104 cm³/mol. The molecule has 2 N–H and O–H groups in total. The monoisotopic (exact) mass is 404 g/mol. The number of thiazole rings is 1. The Bertz CT molecular complexity index is 1030. The summed E-state index contributed by atoms with van der Waals surface area (Å²) >= 11 is 2.36. The summed E-state index contributed by atoms with van der Waals surface area (Å²) in [7, 11) is 0. The number of aromatic amines is 1. The Morgan fingerprint density at radius 1 is 1.30 bits per heavy atom. The normalized spacial score (nSPS) is 10.7. The molecule has 0 saturated carbocycles. The fourth-order valence-corrected chi connectivity index (χ4v) is 3.62. The Kier molecular flexibility index (Phi) is 6.20. The second-order valence-corrected chi connectivity index (χ2v) is 7.17. The number of aromatic nitrogens is 3. The summed E-state index contributed by atoms with van der Waals surface area (Å²) in [5.41, 5.74) is 0.877. The van der Waals surface area contributed by atoms with Crippen molar-refractivity contribution in [3.63, 3.8) is 0 Å². The van der Waals surface area contributed by atoms with Crippen molar-refractivity contribution < 1.29 is 14.3 Å². The highest BCUT2D eigenvalue weighted by Crippen LogP contribution is 2.18. The van der Waals surface area contributed by atoms with E-state index < -0.39 is 0 Å². The number of hydrogen-bond donors (Lipinski definition) is 2. The molecule has 0 aliphatic carbocycles. The number of amides is 1. The predicted octanol–water partition coefficient (Wildman–Crippen LogP) is 2.22. The van der Waals surface area contributed by atoms with Gasteiger partial charge in [-0.1, -0.05) is 23.9 Å². The maximum atomic E-state index is 12.1. The zero-order valence-electron chi connectivity index (χ0n) is 14.4. The Morgan fingerprint density at radius 3 is 2.93 bits per heavy atom. The number of ether oxygens (including phenoxy) is 1. The third-order valence-corrected chi connectivity index (χ3v) is 5.04. The van der Waals surface area contributed by atoms with Gasteiger partial charge in [0.05, 0.1) is 35.4 Å². The summed E-state index contributed by atoms with van der Waals surface area (Å²) in [5, 5.41) is 5.64. The van der Waals surface area contributed by atoms with Crippen LogP contribution in [0.1, 0.15) is 12.6 Å². The number of nitrogens with zero attached hydrogens (tertiary/aromatic N) is 2. The minimum atomic E-state index is -0.359. The average molecular weight is 404 g/mol. The van der Waals surface area contributed by atoms with Crippen molar-refractivity contribution in [1.29, 1.82) is 0 Å². The number of nitrogens with one attached hydrogen (secondary N) is 2. The Morgan fingerprint density at radius 2 is 2.11 bits per heavy atom. The molecule has 8 nitrogen and oxygen atoms in total. The van der Waals surface area contributed by atoms with E-state index in [1.54, 1.807) is 36.6 Å². The number of fused-ring (bicyclic) bond motifs is 1. The van der Waals surface area contributed by atoms with Crippen LogP contribution in [0.25, 0.3) is 10.9 Å². The third kappa shape index (κ3) is 5.14. The van der Waals surface area contributed by atoms with E-state index in [4.69, 9.17) is 4.74 Å². The number of carbonyl (C=O) groups excluding carboxylic acids is 2. The standard InChI is InChI=1S/C17H16N4O4S2/c1-2-25-14(23)7-10-8-26-16(18-10)20-13(22)9-27-17-19-12-6-4-3-5-11(12)15(24)21-17/h3-6,8H,2,7,9H2,1H3,(H,18,20,22)(H,19,21,24). The molecule has 3 rings (SSSR count). The molecule has 0 spiro atoms. The lowest BCUT2D eigenvalue weighted by Crippen LogP contribution is -2.15. The van der Waals surface area contributed by atoms with Crippen LogP contribution in [0.4, 0.5) is 5.13 Å². The van der Waals surface area contributed by atoms with Gasteiger partial charge in [0.1, 0.15) is 0 Å². The molecule has 0 unspecified atom stereocenters. The second kappa shape index (κ2) is 8.78. The molecular formula is C17H16N4O4S2. The summed E-state index contributed by atoms with van der Waals surface area (Å²) in [4.78, 5) is 46.7. The van der Waals surface area contributed by atoms with Gasteiger partial charge < -0.3 is 15.0 Å². The van der Waals surface area contributed by atoms with Gasteiger partial charge in [-0.3, -0.25) is 14.4 Å². The first-order valence-corrected chi connectivity index (χ1v) is 9.93. The zero-order valence-corrected chi connectivity index (χ0v) is 16.0. The molecule has 3 aromatic rings. The van der Waals surface area contributed by atoms with E-state index in [0.717, 1.165) is 11.8 Å². The zero-order chi connectivity index (χ0) is 19.2. The van der Waals surface area contributed by atoms with E-state index in [1.807, 2.05) is 0 Å². The maximum Gasteiger partial charge on any atom is 0.311 e. The Balaban J connectivity index is 1.56. The van der Waals surface area contributed by atoms with Crippen LogP contribution in [0.2, 0.25) is 0 Å². The van der Waals surface area contributed by atoms with E-state index >= 15 is 0 Å². The van der Waals surface area contributed by atoms with Gasteiger partial charge in [0.25, 0.3) is 5.56 Å². The minimum absolute atomic E-state index is 0.0636. The first-order chi connectivity index (χ1) is 13.0. The van der Waals surface area contributed by atoms with E-state index in [9.17, 15) is 14.4 Å².